The molecule has 4 atom stereocenters. The zero-order valence-electron chi connectivity index (χ0n) is 9.88. The van der Waals surface area contributed by atoms with Crippen LogP contribution in [0.1, 0.15) is 57.8 Å². The van der Waals surface area contributed by atoms with Gasteiger partial charge in [0.1, 0.15) is 0 Å². The van der Waals surface area contributed by atoms with Gasteiger partial charge in [-0.25, -0.2) is 0 Å². The molecule has 0 heteroatoms. The van der Waals surface area contributed by atoms with Crippen molar-refractivity contribution >= 4 is 0 Å². The van der Waals surface area contributed by atoms with E-state index in [4.69, 9.17) is 0 Å². The molecule has 3 fully saturated rings. The quantitative estimate of drug-likeness (QED) is 0.507. The maximum absolute atomic E-state index is 4.21. The van der Waals surface area contributed by atoms with Gasteiger partial charge in [-0.1, -0.05) is 31.4 Å². The Kier molecular flexibility index (Phi) is 2.62. The normalized spacial score (nSPS) is 45.7. The Morgan fingerprint density at radius 3 is 2.47 bits per heavy atom. The SMILES string of the molecule is C=C1CCC2C(CCC3CCCCC32)C1. The summed E-state index contributed by atoms with van der Waals surface area (Å²) in [6, 6.07) is 0. The topological polar surface area (TPSA) is 0 Å². The molecular weight excluding hydrogens is 180 g/mol. The minimum absolute atomic E-state index is 1.03. The van der Waals surface area contributed by atoms with E-state index in [0.717, 1.165) is 23.7 Å². The summed E-state index contributed by atoms with van der Waals surface area (Å²) in [5.41, 5.74) is 1.55. The molecule has 4 unspecified atom stereocenters. The molecule has 0 N–H and O–H groups in total. The van der Waals surface area contributed by atoms with Crippen LogP contribution in [0.25, 0.3) is 0 Å². The first-order valence-corrected chi connectivity index (χ1v) is 7.01. The lowest BCUT2D eigenvalue weighted by molar-refractivity contribution is 0.0392. The fraction of sp³-hybridized carbons (Fsp3) is 0.867. The molecule has 0 amide bonds. The molecule has 0 heterocycles. The molecule has 3 rings (SSSR count). The van der Waals surface area contributed by atoms with Gasteiger partial charge in [-0.15, -0.1) is 0 Å². The van der Waals surface area contributed by atoms with Crippen LogP contribution in [-0.2, 0) is 0 Å². The third kappa shape index (κ3) is 1.77. The molecule has 0 aromatic heterocycles. The summed E-state index contributed by atoms with van der Waals surface area (Å²) in [5, 5.41) is 0. The summed E-state index contributed by atoms with van der Waals surface area (Å²) in [7, 11) is 0. The maximum Gasteiger partial charge on any atom is -0.0292 e. The lowest BCUT2D eigenvalue weighted by Crippen LogP contribution is -2.38. The highest BCUT2D eigenvalue weighted by Crippen LogP contribution is 2.51. The first-order valence-electron chi connectivity index (χ1n) is 7.01. The second kappa shape index (κ2) is 3.96. The van der Waals surface area contributed by atoms with Gasteiger partial charge in [-0.05, 0) is 62.2 Å². The Balaban J connectivity index is 1.75. The molecular formula is C15H24. The minimum atomic E-state index is 1.03. The van der Waals surface area contributed by atoms with Gasteiger partial charge in [-0.2, -0.15) is 0 Å². The highest BCUT2D eigenvalue weighted by Gasteiger charge is 2.41. The Morgan fingerprint density at radius 2 is 1.53 bits per heavy atom. The average molecular weight is 204 g/mol. The van der Waals surface area contributed by atoms with Crippen molar-refractivity contribution in [2.24, 2.45) is 23.7 Å². The third-order valence-corrected chi connectivity index (χ3v) is 5.41. The largest absolute Gasteiger partial charge is 0.0999 e. The van der Waals surface area contributed by atoms with Crippen LogP contribution < -0.4 is 0 Å². The zero-order valence-corrected chi connectivity index (χ0v) is 9.88. The van der Waals surface area contributed by atoms with E-state index >= 15 is 0 Å². The van der Waals surface area contributed by atoms with Crippen LogP contribution in [0.4, 0.5) is 0 Å². The van der Waals surface area contributed by atoms with Gasteiger partial charge in [0.05, 0.1) is 0 Å². The molecule has 15 heavy (non-hydrogen) atoms. The Hall–Kier alpha value is -0.260. The third-order valence-electron chi connectivity index (χ3n) is 5.41. The highest BCUT2D eigenvalue weighted by atomic mass is 14.5. The van der Waals surface area contributed by atoms with Crippen LogP contribution in [0.3, 0.4) is 0 Å². The van der Waals surface area contributed by atoms with Crippen molar-refractivity contribution in [3.63, 3.8) is 0 Å². The van der Waals surface area contributed by atoms with E-state index in [1.807, 2.05) is 0 Å². The molecule has 84 valence electrons. The van der Waals surface area contributed by atoms with Gasteiger partial charge in [0.2, 0.25) is 0 Å². The number of fused-ring (bicyclic) bond motifs is 3. The van der Waals surface area contributed by atoms with Crippen LogP contribution >= 0.6 is 0 Å². The van der Waals surface area contributed by atoms with Crippen molar-refractivity contribution < 1.29 is 0 Å². The second-order valence-electron chi connectivity index (χ2n) is 6.20. The van der Waals surface area contributed by atoms with E-state index < -0.39 is 0 Å². The first-order chi connectivity index (χ1) is 7.34. The minimum Gasteiger partial charge on any atom is -0.0999 e. The lowest BCUT2D eigenvalue weighted by atomic mass is 9.57. The fourth-order valence-corrected chi connectivity index (χ4v) is 4.70. The van der Waals surface area contributed by atoms with E-state index in [1.165, 1.54) is 38.5 Å². The average Bonchev–Trinajstić information content (AvgIpc) is 2.28. The van der Waals surface area contributed by atoms with E-state index in [9.17, 15) is 0 Å². The fourth-order valence-electron chi connectivity index (χ4n) is 4.70. The highest BCUT2D eigenvalue weighted by molar-refractivity contribution is 5.05. The number of rotatable bonds is 0. The monoisotopic (exact) mass is 204 g/mol. The van der Waals surface area contributed by atoms with Gasteiger partial charge in [0, 0.05) is 0 Å². The predicted molar refractivity (Wildman–Crippen MR) is 64.7 cm³/mol. The number of hydrogen-bond donors (Lipinski definition) is 0. The summed E-state index contributed by atoms with van der Waals surface area (Å²) in [6.45, 7) is 4.21. The van der Waals surface area contributed by atoms with Crippen molar-refractivity contribution in [2.75, 3.05) is 0 Å². The molecule has 0 saturated heterocycles. The van der Waals surface area contributed by atoms with E-state index in [-0.39, 0.29) is 0 Å². The molecule has 0 aromatic rings. The van der Waals surface area contributed by atoms with Crippen molar-refractivity contribution in [3.05, 3.63) is 12.2 Å². The zero-order chi connectivity index (χ0) is 10.3. The van der Waals surface area contributed by atoms with Gasteiger partial charge in [0.25, 0.3) is 0 Å². The summed E-state index contributed by atoms with van der Waals surface area (Å²) >= 11 is 0. The van der Waals surface area contributed by atoms with Crippen LogP contribution in [-0.4, -0.2) is 0 Å². The summed E-state index contributed by atoms with van der Waals surface area (Å²) in [4.78, 5) is 0. The summed E-state index contributed by atoms with van der Waals surface area (Å²) in [5.74, 6) is 4.36. The van der Waals surface area contributed by atoms with Crippen molar-refractivity contribution in [1.82, 2.24) is 0 Å². The maximum atomic E-state index is 4.21. The van der Waals surface area contributed by atoms with Crippen LogP contribution in [0.15, 0.2) is 12.2 Å². The van der Waals surface area contributed by atoms with Crippen molar-refractivity contribution in [2.45, 2.75) is 57.8 Å². The molecule has 0 radical (unpaired) electrons. The molecule has 3 saturated carbocycles. The molecule has 3 aliphatic carbocycles. The molecule has 0 bridgehead atoms. The van der Waals surface area contributed by atoms with Gasteiger partial charge >= 0.3 is 0 Å². The number of hydrogen-bond acceptors (Lipinski definition) is 0. The van der Waals surface area contributed by atoms with Gasteiger partial charge in [0.15, 0.2) is 0 Å². The Morgan fingerprint density at radius 1 is 0.800 bits per heavy atom. The van der Waals surface area contributed by atoms with Crippen molar-refractivity contribution in [1.29, 1.82) is 0 Å². The van der Waals surface area contributed by atoms with Crippen molar-refractivity contribution in [3.8, 4) is 0 Å². The van der Waals surface area contributed by atoms with E-state index in [2.05, 4.69) is 6.58 Å². The molecule has 0 aromatic carbocycles. The molecule has 0 aliphatic heterocycles. The molecule has 0 nitrogen and oxygen atoms in total. The predicted octanol–water partition coefficient (Wildman–Crippen LogP) is 4.56. The summed E-state index contributed by atoms with van der Waals surface area (Å²) in [6.07, 6.45) is 13.4. The van der Waals surface area contributed by atoms with Crippen LogP contribution in [0.5, 0.6) is 0 Å². The van der Waals surface area contributed by atoms with E-state index in [0.29, 0.717) is 0 Å². The Bertz CT molecular complexity index is 253. The molecule has 3 aliphatic rings. The first kappa shape index (κ1) is 9.93. The lowest BCUT2D eigenvalue weighted by Gasteiger charge is -2.48. The summed E-state index contributed by atoms with van der Waals surface area (Å²) < 4.78 is 0. The second-order valence-corrected chi connectivity index (χ2v) is 6.20. The standard InChI is InChI=1S/C15H24/c1-11-6-9-15-13(10-11)8-7-12-4-2-3-5-14(12)15/h12-15H,1-10H2. The van der Waals surface area contributed by atoms with E-state index in [1.54, 1.807) is 24.8 Å². The van der Waals surface area contributed by atoms with Crippen LogP contribution in [0, 0.1) is 23.7 Å². The van der Waals surface area contributed by atoms with Gasteiger partial charge < -0.3 is 0 Å². The molecule has 0 spiro atoms. The number of allylic oxidation sites excluding steroid dienone is 1. The van der Waals surface area contributed by atoms with Gasteiger partial charge in [-0.3, -0.25) is 0 Å². The van der Waals surface area contributed by atoms with Crippen LogP contribution in [0.2, 0.25) is 0 Å². The smallest absolute Gasteiger partial charge is 0.0292 e. The Labute approximate surface area is 94.1 Å².